The van der Waals surface area contributed by atoms with Gasteiger partial charge in [-0.15, -0.1) is 11.3 Å². The van der Waals surface area contributed by atoms with Gasteiger partial charge in [-0.3, -0.25) is 0 Å². The lowest BCUT2D eigenvalue weighted by molar-refractivity contribution is 0.356. The summed E-state index contributed by atoms with van der Waals surface area (Å²) in [5, 5.41) is 1.27. The first-order valence-electron chi connectivity index (χ1n) is 10.1. The van der Waals surface area contributed by atoms with Crippen LogP contribution in [0.5, 0.6) is 0 Å². The maximum Gasteiger partial charge on any atom is 0.200 e. The van der Waals surface area contributed by atoms with Crippen LogP contribution in [0.4, 0.5) is 27.1 Å². The molecule has 0 saturated carbocycles. The summed E-state index contributed by atoms with van der Waals surface area (Å²) in [5.74, 6) is -11.6. The van der Waals surface area contributed by atoms with E-state index in [-0.39, 0.29) is 25.9 Å². The van der Waals surface area contributed by atoms with Crippen LogP contribution in [0.1, 0.15) is 24.0 Å². The molecule has 2 heterocycles. The van der Waals surface area contributed by atoms with Crippen LogP contribution in [0.3, 0.4) is 0 Å². The summed E-state index contributed by atoms with van der Waals surface area (Å²) >= 11 is 1.38. The molecule has 1 saturated heterocycles. The van der Waals surface area contributed by atoms with Crippen molar-refractivity contribution in [3.63, 3.8) is 0 Å². The molecule has 0 amide bonds. The molecule has 0 radical (unpaired) electrons. The lowest BCUT2D eigenvalue weighted by Crippen LogP contribution is -2.40. The molecule has 0 aliphatic carbocycles. The van der Waals surface area contributed by atoms with Gasteiger partial charge in [-0.1, -0.05) is 12.1 Å². The molecule has 0 unspecified atom stereocenters. The minimum absolute atomic E-state index is 0.0413. The van der Waals surface area contributed by atoms with Gasteiger partial charge in [-0.05, 0) is 43.9 Å². The molecule has 0 N–H and O–H groups in total. The second-order valence-corrected chi connectivity index (χ2v) is 10.9. The van der Waals surface area contributed by atoms with E-state index in [1.165, 1.54) is 11.3 Å². The van der Waals surface area contributed by atoms with E-state index in [1.54, 1.807) is 0 Å². The van der Waals surface area contributed by atoms with E-state index in [0.717, 1.165) is 22.4 Å². The number of hydrogen-bond acceptors (Lipinski definition) is 5. The molecular formula is C22H19F5N2O2S2. The van der Waals surface area contributed by atoms with Gasteiger partial charge < -0.3 is 4.90 Å². The summed E-state index contributed by atoms with van der Waals surface area (Å²) in [6.07, 6.45) is -0.0826. The van der Waals surface area contributed by atoms with E-state index in [0.29, 0.717) is 5.13 Å². The number of aromatic nitrogens is 1. The Morgan fingerprint density at radius 2 is 1.48 bits per heavy atom. The molecule has 0 spiro atoms. The van der Waals surface area contributed by atoms with Crippen LogP contribution < -0.4 is 4.90 Å². The Morgan fingerprint density at radius 3 is 2.06 bits per heavy atom. The second kappa shape index (κ2) is 8.68. The summed E-state index contributed by atoms with van der Waals surface area (Å²) in [5.41, 5.74) is 4.01. The van der Waals surface area contributed by atoms with E-state index in [9.17, 15) is 30.4 Å². The molecule has 1 aliphatic heterocycles. The third-order valence-corrected chi connectivity index (χ3v) is 9.08. The summed E-state index contributed by atoms with van der Waals surface area (Å²) < 4.78 is 94.1. The molecule has 1 fully saturated rings. The number of aryl methyl sites for hydroxylation is 2. The Balaban J connectivity index is 1.53. The zero-order valence-electron chi connectivity index (χ0n) is 17.6. The number of rotatable bonds is 4. The number of hydrogen-bond donors (Lipinski definition) is 0. The molecule has 1 aliphatic rings. The zero-order chi connectivity index (χ0) is 24.1. The van der Waals surface area contributed by atoms with Gasteiger partial charge in [0.1, 0.15) is 4.90 Å². The smallest absolute Gasteiger partial charge is 0.200 e. The van der Waals surface area contributed by atoms with Crippen LogP contribution in [0.25, 0.3) is 11.3 Å². The first kappa shape index (κ1) is 23.6. The van der Waals surface area contributed by atoms with Crippen LogP contribution in [0.2, 0.25) is 0 Å². The number of halogens is 5. The molecule has 1 aromatic heterocycles. The van der Waals surface area contributed by atoms with E-state index in [2.05, 4.69) is 4.98 Å². The van der Waals surface area contributed by atoms with Crippen molar-refractivity contribution in [3.05, 3.63) is 63.8 Å². The van der Waals surface area contributed by atoms with E-state index >= 15 is 0 Å². The molecule has 3 aromatic rings. The van der Waals surface area contributed by atoms with Gasteiger partial charge in [0, 0.05) is 24.0 Å². The molecule has 0 bridgehead atoms. The minimum Gasteiger partial charge on any atom is -0.348 e. The van der Waals surface area contributed by atoms with Crippen molar-refractivity contribution in [2.75, 3.05) is 18.0 Å². The maximum atomic E-state index is 14.1. The highest BCUT2D eigenvalue weighted by Crippen LogP contribution is 2.35. The number of thiazole rings is 1. The van der Waals surface area contributed by atoms with Crippen molar-refractivity contribution in [2.45, 2.75) is 36.8 Å². The van der Waals surface area contributed by atoms with Crippen molar-refractivity contribution < 1.29 is 30.4 Å². The Labute approximate surface area is 191 Å². The Bertz CT molecular complexity index is 1300. The predicted octanol–water partition coefficient (Wildman–Crippen LogP) is 5.57. The monoisotopic (exact) mass is 502 g/mol. The van der Waals surface area contributed by atoms with Gasteiger partial charge in [-0.25, -0.2) is 35.4 Å². The predicted molar refractivity (Wildman–Crippen MR) is 116 cm³/mol. The average Bonchev–Trinajstić information content (AvgIpc) is 3.28. The fourth-order valence-electron chi connectivity index (χ4n) is 3.80. The lowest BCUT2D eigenvalue weighted by Gasteiger charge is -2.31. The standard InChI is InChI=1S/C22H19F5N2O2S2/c1-11-3-4-13(9-12(11)2)15-10-32-22(28-15)29-7-5-14(6-8-29)33(30,31)21-19(26)17(24)16(23)18(25)20(21)27/h3-4,9-10,14H,5-8H2,1-2H3. The number of nitrogens with zero attached hydrogens (tertiary/aromatic N) is 2. The normalized spacial score (nSPS) is 15.3. The summed E-state index contributed by atoms with van der Waals surface area (Å²) in [4.78, 5) is 4.70. The molecule has 11 heteroatoms. The number of sulfone groups is 1. The first-order chi connectivity index (χ1) is 15.5. The van der Waals surface area contributed by atoms with Crippen LogP contribution in [-0.2, 0) is 9.84 Å². The average molecular weight is 503 g/mol. The van der Waals surface area contributed by atoms with Crippen molar-refractivity contribution in [1.29, 1.82) is 0 Å². The van der Waals surface area contributed by atoms with Crippen LogP contribution >= 0.6 is 11.3 Å². The highest BCUT2D eigenvalue weighted by Gasteiger charge is 2.39. The molecular weight excluding hydrogens is 483 g/mol. The molecule has 33 heavy (non-hydrogen) atoms. The molecule has 2 aromatic carbocycles. The third-order valence-electron chi connectivity index (χ3n) is 5.90. The highest BCUT2D eigenvalue weighted by atomic mass is 32.2. The van der Waals surface area contributed by atoms with Gasteiger partial charge in [0.25, 0.3) is 0 Å². The quantitative estimate of drug-likeness (QED) is 0.203. The first-order valence-corrected chi connectivity index (χ1v) is 12.5. The van der Waals surface area contributed by atoms with E-state index in [4.69, 9.17) is 0 Å². The van der Waals surface area contributed by atoms with Crippen molar-refractivity contribution >= 4 is 26.3 Å². The van der Waals surface area contributed by atoms with Gasteiger partial charge >= 0.3 is 0 Å². The van der Waals surface area contributed by atoms with Crippen molar-refractivity contribution in [3.8, 4) is 11.3 Å². The highest BCUT2D eigenvalue weighted by molar-refractivity contribution is 7.92. The maximum absolute atomic E-state index is 14.1. The van der Waals surface area contributed by atoms with Crippen LogP contribution in [0, 0.1) is 42.9 Å². The number of anilines is 1. The zero-order valence-corrected chi connectivity index (χ0v) is 19.3. The van der Waals surface area contributed by atoms with Gasteiger partial charge in [-0.2, -0.15) is 0 Å². The fraction of sp³-hybridized carbons (Fsp3) is 0.318. The molecule has 176 valence electrons. The van der Waals surface area contributed by atoms with Crippen LogP contribution in [-0.4, -0.2) is 31.7 Å². The topological polar surface area (TPSA) is 50.3 Å². The summed E-state index contributed by atoms with van der Waals surface area (Å²) in [6, 6.07) is 5.99. The van der Waals surface area contributed by atoms with Crippen molar-refractivity contribution in [1.82, 2.24) is 4.98 Å². The number of piperidine rings is 1. The number of benzene rings is 2. The fourth-order valence-corrected chi connectivity index (χ4v) is 6.53. The van der Waals surface area contributed by atoms with Gasteiger partial charge in [0.05, 0.1) is 10.9 Å². The van der Waals surface area contributed by atoms with Crippen LogP contribution in [0.15, 0.2) is 28.5 Å². The van der Waals surface area contributed by atoms with Crippen molar-refractivity contribution in [2.24, 2.45) is 0 Å². The molecule has 4 rings (SSSR count). The van der Waals surface area contributed by atoms with Gasteiger partial charge in [0.2, 0.25) is 5.82 Å². The third kappa shape index (κ3) is 4.12. The molecule has 4 nitrogen and oxygen atoms in total. The second-order valence-electron chi connectivity index (χ2n) is 7.94. The van der Waals surface area contributed by atoms with E-state index in [1.807, 2.05) is 42.3 Å². The lowest BCUT2D eigenvalue weighted by atomic mass is 10.1. The summed E-state index contributed by atoms with van der Waals surface area (Å²) in [6.45, 7) is 4.43. The Morgan fingerprint density at radius 1 is 0.909 bits per heavy atom. The Hall–Kier alpha value is -2.53. The SMILES string of the molecule is Cc1ccc(-c2csc(N3CCC(S(=O)(=O)c4c(F)c(F)c(F)c(F)c4F)CC3)n2)cc1C. The Kier molecular flexibility index (Phi) is 6.21. The molecule has 0 atom stereocenters. The van der Waals surface area contributed by atoms with Gasteiger partial charge in [0.15, 0.2) is 38.2 Å². The summed E-state index contributed by atoms with van der Waals surface area (Å²) in [7, 11) is -4.78. The minimum atomic E-state index is -4.78. The van der Waals surface area contributed by atoms with E-state index < -0.39 is 49.1 Å². The largest absolute Gasteiger partial charge is 0.348 e.